The molecule has 0 aliphatic heterocycles. The number of alkyl halides is 3. The van der Waals surface area contributed by atoms with Gasteiger partial charge < -0.3 is 0 Å². The number of hydrogen-bond donors (Lipinski definition) is 1. The van der Waals surface area contributed by atoms with Crippen LogP contribution in [0, 0.1) is 0 Å². The van der Waals surface area contributed by atoms with Gasteiger partial charge in [-0.2, -0.15) is 18.3 Å². The first-order valence-electron chi connectivity index (χ1n) is 7.25. The highest BCUT2D eigenvalue weighted by atomic mass is 35.5. The molecule has 1 aromatic heterocycles. The largest absolute Gasteiger partial charge is 0.451 e. The minimum Gasteiger partial charge on any atom is -0.260 e. The number of nitrogens with one attached hydrogen (secondary N) is 1. The van der Waals surface area contributed by atoms with Crippen LogP contribution in [0.2, 0.25) is 5.02 Å². The van der Waals surface area contributed by atoms with E-state index in [1.807, 2.05) is 0 Å². The minimum atomic E-state index is -4.65. The molecule has 0 unspecified atom stereocenters. The molecule has 0 atom stereocenters. The molecular formula is C17H12ClF3N4. The summed E-state index contributed by atoms with van der Waals surface area (Å²) in [6.07, 6.45) is -4.65. The second-order valence-electron chi connectivity index (χ2n) is 5.23. The van der Waals surface area contributed by atoms with Crippen molar-refractivity contribution in [1.82, 2.24) is 9.97 Å². The molecule has 3 aromatic rings. The number of halogens is 4. The number of para-hydroxylation sites is 1. The van der Waals surface area contributed by atoms with Crippen molar-refractivity contribution in [2.75, 3.05) is 5.43 Å². The van der Waals surface area contributed by atoms with Gasteiger partial charge in [0, 0.05) is 10.4 Å². The van der Waals surface area contributed by atoms with E-state index in [0.29, 0.717) is 16.1 Å². The number of anilines is 1. The van der Waals surface area contributed by atoms with Crippen molar-refractivity contribution in [3.05, 3.63) is 64.9 Å². The Bertz CT molecular complexity index is 954. The van der Waals surface area contributed by atoms with Crippen molar-refractivity contribution in [3.63, 3.8) is 0 Å². The Morgan fingerprint density at radius 3 is 2.56 bits per heavy atom. The van der Waals surface area contributed by atoms with Gasteiger partial charge in [0.1, 0.15) is 0 Å². The summed E-state index contributed by atoms with van der Waals surface area (Å²) in [5.41, 5.74) is 4.09. The highest BCUT2D eigenvalue weighted by Crippen LogP contribution is 2.30. The van der Waals surface area contributed by atoms with E-state index < -0.39 is 12.0 Å². The lowest BCUT2D eigenvalue weighted by Gasteiger charge is -2.10. The van der Waals surface area contributed by atoms with Gasteiger partial charge in [0.05, 0.1) is 11.2 Å². The van der Waals surface area contributed by atoms with Crippen LogP contribution in [-0.4, -0.2) is 15.7 Å². The van der Waals surface area contributed by atoms with Crippen molar-refractivity contribution >= 4 is 34.0 Å². The fourth-order valence-electron chi connectivity index (χ4n) is 2.20. The number of rotatable bonds is 3. The van der Waals surface area contributed by atoms with Gasteiger partial charge in [-0.3, -0.25) is 5.43 Å². The smallest absolute Gasteiger partial charge is 0.260 e. The molecular weight excluding hydrogens is 353 g/mol. The summed E-state index contributed by atoms with van der Waals surface area (Å²) in [7, 11) is 0. The lowest BCUT2D eigenvalue weighted by Crippen LogP contribution is -2.13. The molecule has 0 aliphatic carbocycles. The zero-order valence-electron chi connectivity index (χ0n) is 13.0. The topological polar surface area (TPSA) is 50.2 Å². The fourth-order valence-corrected chi connectivity index (χ4v) is 2.39. The second-order valence-corrected chi connectivity index (χ2v) is 5.67. The Morgan fingerprint density at radius 1 is 1.08 bits per heavy atom. The fraction of sp³-hybridized carbons (Fsp3) is 0.118. The molecule has 25 heavy (non-hydrogen) atoms. The molecule has 8 heteroatoms. The molecule has 0 saturated heterocycles. The van der Waals surface area contributed by atoms with Crippen LogP contribution < -0.4 is 5.43 Å². The van der Waals surface area contributed by atoms with Crippen LogP contribution in [0.1, 0.15) is 18.3 Å². The summed E-state index contributed by atoms with van der Waals surface area (Å²) >= 11 is 5.93. The summed E-state index contributed by atoms with van der Waals surface area (Å²) < 4.78 is 39.0. The highest BCUT2D eigenvalue weighted by Gasteiger charge is 2.35. The first-order valence-corrected chi connectivity index (χ1v) is 7.62. The Kier molecular flexibility index (Phi) is 4.59. The Hall–Kier alpha value is -2.67. The van der Waals surface area contributed by atoms with Crippen molar-refractivity contribution in [2.24, 2.45) is 5.10 Å². The third-order valence-electron chi connectivity index (χ3n) is 3.43. The van der Waals surface area contributed by atoms with Gasteiger partial charge in [-0.1, -0.05) is 35.9 Å². The Morgan fingerprint density at radius 2 is 1.84 bits per heavy atom. The summed E-state index contributed by atoms with van der Waals surface area (Å²) in [6.45, 7) is 1.71. The molecule has 0 spiro atoms. The van der Waals surface area contributed by atoms with Crippen molar-refractivity contribution in [1.29, 1.82) is 0 Å². The Balaban J connectivity index is 2.01. The van der Waals surface area contributed by atoms with Gasteiger partial charge >= 0.3 is 6.18 Å². The number of aromatic nitrogens is 2. The number of fused-ring (bicyclic) bond motifs is 1. The van der Waals surface area contributed by atoms with Crippen LogP contribution >= 0.6 is 11.6 Å². The molecule has 0 fully saturated rings. The van der Waals surface area contributed by atoms with Crippen molar-refractivity contribution < 1.29 is 13.2 Å². The van der Waals surface area contributed by atoms with E-state index in [1.165, 1.54) is 6.07 Å². The van der Waals surface area contributed by atoms with Gasteiger partial charge in [-0.05, 0) is 36.8 Å². The van der Waals surface area contributed by atoms with Crippen molar-refractivity contribution in [2.45, 2.75) is 13.1 Å². The molecule has 1 N–H and O–H groups in total. The van der Waals surface area contributed by atoms with Crippen LogP contribution in [0.3, 0.4) is 0 Å². The zero-order valence-corrected chi connectivity index (χ0v) is 13.7. The van der Waals surface area contributed by atoms with Crippen LogP contribution in [0.15, 0.2) is 53.6 Å². The van der Waals surface area contributed by atoms with E-state index in [-0.39, 0.29) is 11.3 Å². The quantitative estimate of drug-likeness (QED) is 0.517. The average molecular weight is 365 g/mol. The second kappa shape index (κ2) is 6.68. The lowest BCUT2D eigenvalue weighted by molar-refractivity contribution is -0.144. The van der Waals surface area contributed by atoms with Crippen molar-refractivity contribution in [3.8, 4) is 0 Å². The van der Waals surface area contributed by atoms with Crippen LogP contribution in [-0.2, 0) is 6.18 Å². The number of hydrogen-bond acceptors (Lipinski definition) is 4. The molecule has 0 saturated carbocycles. The monoisotopic (exact) mass is 364 g/mol. The molecule has 0 bridgehead atoms. The maximum atomic E-state index is 13.0. The minimum absolute atomic E-state index is 0.0145. The van der Waals surface area contributed by atoms with Crippen LogP contribution in [0.4, 0.5) is 19.0 Å². The van der Waals surface area contributed by atoms with E-state index in [4.69, 9.17) is 11.6 Å². The maximum absolute atomic E-state index is 13.0. The van der Waals surface area contributed by atoms with Crippen LogP contribution in [0.25, 0.3) is 10.9 Å². The molecule has 4 nitrogen and oxygen atoms in total. The van der Waals surface area contributed by atoms with E-state index in [9.17, 15) is 13.2 Å². The molecule has 1 heterocycles. The molecule has 3 rings (SSSR count). The van der Waals surface area contributed by atoms with E-state index in [2.05, 4.69) is 20.5 Å². The number of benzene rings is 2. The first kappa shape index (κ1) is 17.2. The van der Waals surface area contributed by atoms with E-state index in [0.717, 1.165) is 5.56 Å². The van der Waals surface area contributed by atoms with Crippen LogP contribution in [0.5, 0.6) is 0 Å². The van der Waals surface area contributed by atoms with Gasteiger partial charge in [-0.25, -0.2) is 9.97 Å². The standard InChI is InChI=1S/C17H12ClF3N4/c1-10(11-5-4-6-12(18)9-11)24-25-15-13-7-2-3-8-14(13)22-16(23-15)17(19,20)21/h2-9H,1H3,(H,22,23,25)/b24-10-. The predicted octanol–water partition coefficient (Wildman–Crippen LogP) is 5.14. The predicted molar refractivity (Wildman–Crippen MR) is 91.8 cm³/mol. The zero-order chi connectivity index (χ0) is 18.0. The molecule has 0 radical (unpaired) electrons. The molecule has 0 amide bonds. The van der Waals surface area contributed by atoms with Gasteiger partial charge in [0.15, 0.2) is 5.82 Å². The van der Waals surface area contributed by atoms with E-state index in [1.54, 1.807) is 49.4 Å². The molecule has 0 aliphatic rings. The lowest BCUT2D eigenvalue weighted by atomic mass is 10.1. The average Bonchev–Trinajstić information content (AvgIpc) is 2.58. The summed E-state index contributed by atoms with van der Waals surface area (Å²) in [5, 5.41) is 5.11. The number of hydrazone groups is 1. The number of nitrogens with zero attached hydrogens (tertiary/aromatic N) is 3. The first-order chi connectivity index (χ1) is 11.8. The Labute approximate surface area is 146 Å². The third-order valence-corrected chi connectivity index (χ3v) is 3.66. The summed E-state index contributed by atoms with van der Waals surface area (Å²) in [4.78, 5) is 7.14. The molecule has 2 aromatic carbocycles. The SMILES string of the molecule is C/C(=N/Nc1nc(C(F)(F)F)nc2ccccc12)c1cccc(Cl)c1. The third kappa shape index (κ3) is 3.88. The van der Waals surface area contributed by atoms with Gasteiger partial charge in [0.25, 0.3) is 0 Å². The van der Waals surface area contributed by atoms with Gasteiger partial charge in [-0.15, -0.1) is 0 Å². The van der Waals surface area contributed by atoms with Gasteiger partial charge in [0.2, 0.25) is 5.82 Å². The summed E-state index contributed by atoms with van der Waals surface area (Å²) in [5.74, 6) is -1.23. The normalized spacial score (nSPS) is 12.4. The molecule has 128 valence electrons. The van der Waals surface area contributed by atoms with E-state index >= 15 is 0 Å². The highest BCUT2D eigenvalue weighted by molar-refractivity contribution is 6.31. The summed E-state index contributed by atoms with van der Waals surface area (Å²) in [6, 6.07) is 13.4. The maximum Gasteiger partial charge on any atom is 0.451 e.